The summed E-state index contributed by atoms with van der Waals surface area (Å²) in [6.07, 6.45) is 5.85. The van der Waals surface area contributed by atoms with Crippen molar-refractivity contribution in [1.82, 2.24) is 5.48 Å². The molecule has 1 N–H and O–H groups in total. The molecule has 1 amide bonds. The number of hydrogen-bond acceptors (Lipinski definition) is 4. The number of nitrogens with one attached hydrogen (secondary N) is 1. The number of hydroxylamine groups is 1. The normalized spacial score (nSPS) is 13.0. The van der Waals surface area contributed by atoms with Gasteiger partial charge in [-0.3, -0.25) is 4.79 Å². The third-order valence-electron chi connectivity index (χ3n) is 2.36. The van der Waals surface area contributed by atoms with Crippen LogP contribution in [0.25, 0.3) is 0 Å². The topological polar surface area (TPSA) is 72.5 Å². The second kappa shape index (κ2) is 8.29. The van der Waals surface area contributed by atoms with Crippen molar-refractivity contribution in [3.63, 3.8) is 0 Å². The lowest BCUT2D eigenvalue weighted by Gasteiger charge is -2.12. The predicted molar refractivity (Wildman–Crippen MR) is 65.9 cm³/mol. The SMILES string of the molecule is C#CC(C)CC(C)C(=O)ONC(=O)CCC(C)=O. The summed E-state index contributed by atoms with van der Waals surface area (Å²) in [7, 11) is 0. The van der Waals surface area contributed by atoms with Crippen molar-refractivity contribution in [1.29, 1.82) is 0 Å². The van der Waals surface area contributed by atoms with Crippen LogP contribution in [0.2, 0.25) is 0 Å². The van der Waals surface area contributed by atoms with Gasteiger partial charge < -0.3 is 9.63 Å². The standard InChI is InChI=1S/C13H19NO4/c1-5-9(2)8-10(3)13(17)18-14-12(16)7-6-11(4)15/h1,9-10H,6-8H2,2-4H3,(H,14,16). The first-order chi connectivity index (χ1) is 8.36. The number of hydrogen-bond donors (Lipinski definition) is 1. The fourth-order valence-electron chi connectivity index (χ4n) is 1.24. The predicted octanol–water partition coefficient (Wildman–Crippen LogP) is 1.23. The van der Waals surface area contributed by atoms with E-state index >= 15 is 0 Å². The highest BCUT2D eigenvalue weighted by Gasteiger charge is 2.18. The zero-order valence-electron chi connectivity index (χ0n) is 11.0. The third kappa shape index (κ3) is 7.44. The summed E-state index contributed by atoms with van der Waals surface area (Å²) >= 11 is 0. The molecule has 0 spiro atoms. The largest absolute Gasteiger partial charge is 0.341 e. The quantitative estimate of drug-likeness (QED) is 0.570. The van der Waals surface area contributed by atoms with Gasteiger partial charge in [0.05, 0.1) is 5.92 Å². The Morgan fingerprint density at radius 3 is 2.39 bits per heavy atom. The maximum absolute atomic E-state index is 11.5. The van der Waals surface area contributed by atoms with Crippen molar-refractivity contribution >= 4 is 17.7 Å². The monoisotopic (exact) mass is 253 g/mol. The third-order valence-corrected chi connectivity index (χ3v) is 2.36. The summed E-state index contributed by atoms with van der Waals surface area (Å²) in [6.45, 7) is 4.90. The van der Waals surface area contributed by atoms with Crippen molar-refractivity contribution in [2.24, 2.45) is 11.8 Å². The van der Waals surface area contributed by atoms with Gasteiger partial charge in [0.1, 0.15) is 5.78 Å². The van der Waals surface area contributed by atoms with E-state index in [4.69, 9.17) is 6.42 Å². The average molecular weight is 253 g/mol. The van der Waals surface area contributed by atoms with Gasteiger partial charge in [-0.1, -0.05) is 13.8 Å². The van der Waals surface area contributed by atoms with Crippen LogP contribution in [0, 0.1) is 24.2 Å². The zero-order valence-corrected chi connectivity index (χ0v) is 11.0. The van der Waals surface area contributed by atoms with Crippen molar-refractivity contribution in [3.05, 3.63) is 0 Å². The van der Waals surface area contributed by atoms with Crippen LogP contribution in [0.5, 0.6) is 0 Å². The Kier molecular flexibility index (Phi) is 7.45. The zero-order chi connectivity index (χ0) is 14.1. The first kappa shape index (κ1) is 16.2. The molecule has 0 aromatic rings. The van der Waals surface area contributed by atoms with Gasteiger partial charge in [0.25, 0.3) is 5.91 Å². The van der Waals surface area contributed by atoms with Crippen molar-refractivity contribution < 1.29 is 19.2 Å². The summed E-state index contributed by atoms with van der Waals surface area (Å²) in [5, 5.41) is 0. The highest BCUT2D eigenvalue weighted by atomic mass is 16.7. The van der Waals surface area contributed by atoms with E-state index in [0.29, 0.717) is 6.42 Å². The molecule has 0 aromatic carbocycles. The average Bonchev–Trinajstić information content (AvgIpc) is 2.32. The molecule has 0 saturated heterocycles. The van der Waals surface area contributed by atoms with Crippen LogP contribution in [0.4, 0.5) is 0 Å². The van der Waals surface area contributed by atoms with Gasteiger partial charge in [-0.05, 0) is 13.3 Å². The van der Waals surface area contributed by atoms with Crippen molar-refractivity contribution in [2.75, 3.05) is 0 Å². The summed E-state index contributed by atoms with van der Waals surface area (Å²) < 4.78 is 0. The van der Waals surface area contributed by atoms with E-state index in [0.717, 1.165) is 0 Å². The maximum atomic E-state index is 11.5. The van der Waals surface area contributed by atoms with Crippen molar-refractivity contribution in [2.45, 2.75) is 40.0 Å². The molecule has 0 bridgehead atoms. The second-order valence-electron chi connectivity index (χ2n) is 4.35. The molecule has 0 aromatic heterocycles. The molecule has 0 rings (SSSR count). The smallest absolute Gasteiger partial charge is 0.335 e. The lowest BCUT2D eigenvalue weighted by atomic mass is 9.98. The fraction of sp³-hybridized carbons (Fsp3) is 0.615. The minimum atomic E-state index is -0.534. The van der Waals surface area contributed by atoms with Crippen LogP contribution in [-0.2, 0) is 19.2 Å². The second-order valence-corrected chi connectivity index (χ2v) is 4.35. The molecule has 2 unspecified atom stereocenters. The van der Waals surface area contributed by atoms with Gasteiger partial charge in [0.15, 0.2) is 0 Å². The van der Waals surface area contributed by atoms with Crippen LogP contribution in [-0.4, -0.2) is 17.7 Å². The Morgan fingerprint density at radius 2 is 1.89 bits per heavy atom. The van der Waals surface area contributed by atoms with E-state index in [1.807, 2.05) is 12.4 Å². The minimum absolute atomic E-state index is 0.0117. The van der Waals surface area contributed by atoms with Crippen molar-refractivity contribution in [3.8, 4) is 12.3 Å². The van der Waals surface area contributed by atoms with Gasteiger partial charge >= 0.3 is 5.97 Å². The van der Waals surface area contributed by atoms with Crippen LogP contribution in [0.3, 0.4) is 0 Å². The molecule has 5 nitrogen and oxygen atoms in total. The Bertz CT molecular complexity index is 356. The van der Waals surface area contributed by atoms with Gasteiger partial charge in [0, 0.05) is 18.8 Å². The molecule has 0 radical (unpaired) electrons. The molecular formula is C13H19NO4. The number of Topliss-reactive ketones (excluding diaryl/α,β-unsaturated/α-hetero) is 1. The summed E-state index contributed by atoms with van der Waals surface area (Å²) in [6, 6.07) is 0. The van der Waals surface area contributed by atoms with Gasteiger partial charge in [0.2, 0.25) is 0 Å². The number of ketones is 1. The number of terminal acetylenes is 1. The Balaban J connectivity index is 3.92. The number of carbonyl (C=O) groups is 3. The first-order valence-electron chi connectivity index (χ1n) is 5.81. The van der Waals surface area contributed by atoms with E-state index in [1.165, 1.54) is 6.92 Å². The van der Waals surface area contributed by atoms with E-state index in [9.17, 15) is 14.4 Å². The lowest BCUT2D eigenvalue weighted by molar-refractivity contribution is -0.162. The number of rotatable bonds is 6. The lowest BCUT2D eigenvalue weighted by Crippen LogP contribution is -2.30. The molecule has 0 saturated carbocycles. The summed E-state index contributed by atoms with van der Waals surface area (Å²) in [4.78, 5) is 37.9. The van der Waals surface area contributed by atoms with Crippen LogP contribution in [0.15, 0.2) is 0 Å². The highest BCUT2D eigenvalue weighted by Crippen LogP contribution is 2.11. The van der Waals surface area contributed by atoms with Crippen LogP contribution >= 0.6 is 0 Å². The fourth-order valence-corrected chi connectivity index (χ4v) is 1.24. The van der Waals surface area contributed by atoms with Gasteiger partial charge in [-0.25, -0.2) is 4.79 Å². The molecule has 0 aliphatic heterocycles. The molecule has 2 atom stereocenters. The minimum Gasteiger partial charge on any atom is -0.341 e. The van der Waals surface area contributed by atoms with E-state index < -0.39 is 11.9 Å². The molecule has 5 heteroatoms. The maximum Gasteiger partial charge on any atom is 0.335 e. The molecule has 0 fully saturated rings. The molecule has 0 heterocycles. The van der Waals surface area contributed by atoms with E-state index in [1.54, 1.807) is 6.92 Å². The summed E-state index contributed by atoms with van der Waals surface area (Å²) in [5.41, 5.74) is 2.02. The van der Waals surface area contributed by atoms with E-state index in [-0.39, 0.29) is 30.5 Å². The van der Waals surface area contributed by atoms with Crippen LogP contribution < -0.4 is 5.48 Å². The first-order valence-corrected chi connectivity index (χ1v) is 5.81. The molecule has 100 valence electrons. The summed E-state index contributed by atoms with van der Waals surface area (Å²) in [5.74, 6) is 0.990. The Morgan fingerprint density at radius 1 is 1.28 bits per heavy atom. The van der Waals surface area contributed by atoms with Crippen LogP contribution in [0.1, 0.15) is 40.0 Å². The molecule has 0 aliphatic rings. The van der Waals surface area contributed by atoms with Gasteiger partial charge in [-0.15, -0.1) is 12.3 Å². The number of amides is 1. The Hall–Kier alpha value is -1.83. The number of carbonyl (C=O) groups excluding carboxylic acids is 3. The highest BCUT2D eigenvalue weighted by molar-refractivity contribution is 5.84. The van der Waals surface area contributed by atoms with E-state index in [2.05, 4.69) is 10.8 Å². The molecular weight excluding hydrogens is 234 g/mol. The molecule has 18 heavy (non-hydrogen) atoms. The molecule has 0 aliphatic carbocycles. The van der Waals surface area contributed by atoms with Gasteiger partial charge in [-0.2, -0.15) is 5.48 Å². The Labute approximate surface area is 107 Å².